The molecule has 0 radical (unpaired) electrons. The van der Waals surface area contributed by atoms with E-state index < -0.39 is 0 Å². The summed E-state index contributed by atoms with van der Waals surface area (Å²) in [5.74, 6) is 0. The number of nitrogens with zero attached hydrogens (tertiary/aromatic N) is 1. The number of aliphatic imine (C=N–C) groups is 1. The zero-order valence-corrected chi connectivity index (χ0v) is 8.87. The summed E-state index contributed by atoms with van der Waals surface area (Å²) in [6.45, 7) is 0. The number of hydroxylamine groups is 1. The zero-order chi connectivity index (χ0) is 8.97. The van der Waals surface area contributed by atoms with E-state index in [0.29, 0.717) is 10.7 Å². The van der Waals surface area contributed by atoms with Gasteiger partial charge in [-0.2, -0.15) is 0 Å². The van der Waals surface area contributed by atoms with E-state index in [4.69, 9.17) is 16.8 Å². The van der Waals surface area contributed by atoms with Crippen LogP contribution in [0.5, 0.6) is 0 Å². The molecule has 1 rings (SSSR count). The largest absolute Gasteiger partial charge is 0.290 e. The second kappa shape index (κ2) is 4.64. The van der Waals surface area contributed by atoms with Crippen molar-refractivity contribution in [2.45, 2.75) is 0 Å². The Balaban J connectivity index is 2.94. The van der Waals surface area contributed by atoms with E-state index in [1.54, 1.807) is 17.6 Å². The molecule has 1 aromatic carbocycles. The van der Waals surface area contributed by atoms with E-state index >= 15 is 0 Å². The molecule has 0 unspecified atom stereocenters. The molecule has 2 N–H and O–H groups in total. The minimum atomic E-state index is 0.563. The fourth-order valence-electron chi connectivity index (χ4n) is 0.684. The van der Waals surface area contributed by atoms with Gasteiger partial charge in [0.05, 0.1) is 10.7 Å². The zero-order valence-electron chi connectivity index (χ0n) is 5.96. The van der Waals surface area contributed by atoms with Crippen molar-refractivity contribution in [3.05, 3.63) is 26.8 Å². The SMILES string of the molecule is ONC=Nc1ccc(I)cc1Cl. The molecule has 64 valence electrons. The summed E-state index contributed by atoms with van der Waals surface area (Å²) < 4.78 is 1.05. The molecule has 0 saturated carbocycles. The van der Waals surface area contributed by atoms with Crippen LogP contribution in [0.3, 0.4) is 0 Å². The lowest BCUT2D eigenvalue weighted by Crippen LogP contribution is -2.00. The van der Waals surface area contributed by atoms with Crippen LogP contribution in [-0.4, -0.2) is 11.5 Å². The molecule has 0 aromatic heterocycles. The normalized spacial score (nSPS) is 10.6. The van der Waals surface area contributed by atoms with Gasteiger partial charge in [0.25, 0.3) is 0 Å². The number of nitrogens with one attached hydrogen (secondary N) is 1. The molecule has 5 heteroatoms. The summed E-state index contributed by atoms with van der Waals surface area (Å²) in [5, 5.41) is 8.79. The average molecular weight is 296 g/mol. The summed E-state index contributed by atoms with van der Waals surface area (Å²) in [4.78, 5) is 3.84. The second-order valence-corrected chi connectivity index (χ2v) is 3.64. The second-order valence-electron chi connectivity index (χ2n) is 1.98. The molecule has 0 aliphatic rings. The average Bonchev–Trinajstić information content (AvgIpc) is 2.03. The van der Waals surface area contributed by atoms with Crippen molar-refractivity contribution in [3.8, 4) is 0 Å². The van der Waals surface area contributed by atoms with Crippen molar-refractivity contribution in [2.75, 3.05) is 0 Å². The lowest BCUT2D eigenvalue weighted by atomic mass is 10.3. The lowest BCUT2D eigenvalue weighted by Gasteiger charge is -1.97. The number of hydrogen-bond donors (Lipinski definition) is 2. The fraction of sp³-hybridized carbons (Fsp3) is 0. The third-order valence-corrected chi connectivity index (χ3v) is 2.14. The Labute approximate surface area is 88.6 Å². The van der Waals surface area contributed by atoms with Gasteiger partial charge in [-0.05, 0) is 40.8 Å². The third-order valence-electron chi connectivity index (χ3n) is 1.17. The van der Waals surface area contributed by atoms with Gasteiger partial charge in [0.1, 0.15) is 6.34 Å². The highest BCUT2D eigenvalue weighted by atomic mass is 127. The minimum absolute atomic E-state index is 0.563. The summed E-state index contributed by atoms with van der Waals surface area (Å²) in [5.41, 5.74) is 2.43. The smallest absolute Gasteiger partial charge is 0.113 e. The first kappa shape index (κ1) is 9.76. The Kier molecular flexibility index (Phi) is 3.77. The van der Waals surface area contributed by atoms with Gasteiger partial charge in [0.2, 0.25) is 0 Å². The Hall–Kier alpha value is -0.330. The van der Waals surface area contributed by atoms with Crippen LogP contribution in [-0.2, 0) is 0 Å². The van der Waals surface area contributed by atoms with E-state index in [0.717, 1.165) is 9.91 Å². The topological polar surface area (TPSA) is 44.6 Å². The van der Waals surface area contributed by atoms with Gasteiger partial charge >= 0.3 is 0 Å². The van der Waals surface area contributed by atoms with Crippen LogP contribution < -0.4 is 5.48 Å². The molecule has 0 fully saturated rings. The van der Waals surface area contributed by atoms with Crippen LogP contribution >= 0.6 is 34.2 Å². The van der Waals surface area contributed by atoms with Gasteiger partial charge in [0, 0.05) is 3.57 Å². The molecule has 1 aromatic rings. The summed E-state index contributed by atoms with van der Waals surface area (Å²) in [6.07, 6.45) is 1.16. The number of halogens is 2. The van der Waals surface area contributed by atoms with E-state index in [2.05, 4.69) is 27.6 Å². The van der Waals surface area contributed by atoms with Gasteiger partial charge in [-0.3, -0.25) is 10.7 Å². The first-order valence-corrected chi connectivity index (χ1v) is 4.57. The van der Waals surface area contributed by atoms with Crippen molar-refractivity contribution in [1.29, 1.82) is 0 Å². The van der Waals surface area contributed by atoms with Crippen LogP contribution in [0, 0.1) is 3.57 Å². The van der Waals surface area contributed by atoms with E-state index in [-0.39, 0.29) is 0 Å². The van der Waals surface area contributed by atoms with Crippen molar-refractivity contribution >= 4 is 46.2 Å². The maximum atomic E-state index is 8.23. The highest BCUT2D eigenvalue weighted by molar-refractivity contribution is 14.1. The maximum Gasteiger partial charge on any atom is 0.113 e. The molecule has 0 aliphatic heterocycles. The van der Waals surface area contributed by atoms with Gasteiger partial charge in [-0.25, -0.2) is 4.99 Å². The number of benzene rings is 1. The highest BCUT2D eigenvalue weighted by Gasteiger charge is 1.96. The molecule has 0 saturated heterocycles. The quantitative estimate of drug-likeness (QED) is 0.381. The monoisotopic (exact) mass is 296 g/mol. The fourth-order valence-corrected chi connectivity index (χ4v) is 1.59. The Bertz CT molecular complexity index is 303. The van der Waals surface area contributed by atoms with Crippen molar-refractivity contribution < 1.29 is 5.21 Å². The van der Waals surface area contributed by atoms with Gasteiger partial charge in [0.15, 0.2) is 0 Å². The molecule has 12 heavy (non-hydrogen) atoms. The van der Waals surface area contributed by atoms with Gasteiger partial charge in [-0.1, -0.05) is 11.6 Å². The van der Waals surface area contributed by atoms with Crippen LogP contribution in [0.1, 0.15) is 0 Å². The molecule has 0 bridgehead atoms. The van der Waals surface area contributed by atoms with Crippen LogP contribution in [0.25, 0.3) is 0 Å². The molecule has 0 atom stereocenters. The first-order valence-electron chi connectivity index (χ1n) is 3.11. The summed E-state index contributed by atoms with van der Waals surface area (Å²) >= 11 is 8.00. The molecule has 3 nitrogen and oxygen atoms in total. The Morgan fingerprint density at radius 3 is 2.92 bits per heavy atom. The maximum absolute atomic E-state index is 8.23. The Morgan fingerprint density at radius 1 is 1.58 bits per heavy atom. The van der Waals surface area contributed by atoms with Gasteiger partial charge < -0.3 is 0 Å². The highest BCUT2D eigenvalue weighted by Crippen LogP contribution is 2.25. The standard InChI is InChI=1S/C7H6ClIN2O/c8-6-3-5(9)1-2-7(6)10-4-11-12/h1-4,12H,(H,10,11). The van der Waals surface area contributed by atoms with E-state index in [1.807, 2.05) is 6.07 Å². The molecular formula is C7H6ClIN2O. The van der Waals surface area contributed by atoms with Crippen LogP contribution in [0.2, 0.25) is 5.02 Å². The summed E-state index contributed by atoms with van der Waals surface area (Å²) in [7, 11) is 0. The number of rotatable bonds is 2. The van der Waals surface area contributed by atoms with Crippen LogP contribution in [0.4, 0.5) is 5.69 Å². The van der Waals surface area contributed by atoms with Gasteiger partial charge in [-0.15, -0.1) is 0 Å². The van der Waals surface area contributed by atoms with Crippen molar-refractivity contribution in [2.24, 2.45) is 4.99 Å². The predicted octanol–water partition coefficient (Wildman–Crippen LogP) is 2.58. The molecule has 0 spiro atoms. The summed E-state index contributed by atoms with van der Waals surface area (Å²) in [6, 6.07) is 5.46. The van der Waals surface area contributed by atoms with Crippen LogP contribution in [0.15, 0.2) is 23.2 Å². The van der Waals surface area contributed by atoms with E-state index in [1.165, 1.54) is 0 Å². The molecule has 0 amide bonds. The van der Waals surface area contributed by atoms with Crippen molar-refractivity contribution in [1.82, 2.24) is 5.48 Å². The molecular weight excluding hydrogens is 290 g/mol. The Morgan fingerprint density at radius 2 is 2.33 bits per heavy atom. The predicted molar refractivity (Wildman–Crippen MR) is 57.2 cm³/mol. The first-order chi connectivity index (χ1) is 5.74. The minimum Gasteiger partial charge on any atom is -0.290 e. The van der Waals surface area contributed by atoms with Crippen molar-refractivity contribution in [3.63, 3.8) is 0 Å². The third kappa shape index (κ3) is 2.62. The molecule has 0 aliphatic carbocycles. The van der Waals surface area contributed by atoms with E-state index in [9.17, 15) is 0 Å². The lowest BCUT2D eigenvalue weighted by molar-refractivity contribution is 0.240. The number of hydrogen-bond acceptors (Lipinski definition) is 2. The molecule has 0 heterocycles.